The van der Waals surface area contributed by atoms with Gasteiger partial charge in [0.15, 0.2) is 5.96 Å². The number of benzene rings is 1. The van der Waals surface area contributed by atoms with Crippen molar-refractivity contribution < 1.29 is 9.47 Å². The monoisotopic (exact) mass is 484 g/mol. The van der Waals surface area contributed by atoms with E-state index in [0.717, 1.165) is 39.8 Å². The van der Waals surface area contributed by atoms with Crippen molar-refractivity contribution in [2.45, 2.75) is 26.9 Å². The van der Waals surface area contributed by atoms with Gasteiger partial charge in [-0.15, -0.1) is 24.0 Å². The van der Waals surface area contributed by atoms with E-state index in [1.54, 1.807) is 21.3 Å². The Hall–Kier alpha value is -2.03. The van der Waals surface area contributed by atoms with Gasteiger partial charge in [0.25, 0.3) is 0 Å². The molecule has 2 rings (SSSR count). The van der Waals surface area contributed by atoms with E-state index in [1.165, 1.54) is 0 Å². The largest absolute Gasteiger partial charge is 0.496 e. The molecule has 0 saturated heterocycles. The maximum absolute atomic E-state index is 5.48. The van der Waals surface area contributed by atoms with E-state index in [0.29, 0.717) is 13.1 Å². The number of methoxy groups -OCH3 is 2. The van der Waals surface area contributed by atoms with Gasteiger partial charge in [0.2, 0.25) is 0 Å². The molecule has 1 N–H and O–H groups in total. The molecule has 0 aliphatic rings. The zero-order chi connectivity index (χ0) is 19.1. The third-order valence-corrected chi connectivity index (χ3v) is 4.34. The summed E-state index contributed by atoms with van der Waals surface area (Å²) < 4.78 is 10.9. The van der Waals surface area contributed by atoms with Crippen LogP contribution in [0.2, 0.25) is 0 Å². The maximum atomic E-state index is 5.48. The summed E-state index contributed by atoms with van der Waals surface area (Å²) in [6.45, 7) is 5.28. The number of aromatic nitrogens is 1. The molecule has 0 aliphatic heterocycles. The number of ether oxygens (including phenoxy) is 2. The molecule has 0 saturated carbocycles. The predicted molar refractivity (Wildman–Crippen MR) is 120 cm³/mol. The second kappa shape index (κ2) is 11.0. The lowest BCUT2D eigenvalue weighted by atomic mass is 10.1. The summed E-state index contributed by atoms with van der Waals surface area (Å²) in [5.41, 5.74) is 4.13. The van der Waals surface area contributed by atoms with Gasteiger partial charge in [-0.25, -0.2) is 0 Å². The first-order chi connectivity index (χ1) is 12.5. The molecule has 148 valence electrons. The zero-order valence-corrected chi connectivity index (χ0v) is 19.2. The first-order valence-electron chi connectivity index (χ1n) is 8.54. The van der Waals surface area contributed by atoms with Crippen molar-refractivity contribution in [2.75, 3.05) is 28.3 Å². The molecule has 0 unspecified atom stereocenters. The molecule has 1 heterocycles. The maximum Gasteiger partial charge on any atom is 0.194 e. The molecular formula is C20H29IN4O2. The smallest absolute Gasteiger partial charge is 0.194 e. The highest BCUT2D eigenvalue weighted by atomic mass is 127. The normalized spacial score (nSPS) is 10.8. The molecule has 0 radical (unpaired) electrons. The standard InChI is InChI=1S/C20H28N4O2.HI/c1-14-11-22-17(15(2)19(14)26-6)12-23-20(21-3)24(4)13-16-9-7-8-10-18(16)25-5;/h7-11H,12-13H2,1-6H3,(H,21,23);1H. The number of guanidine groups is 1. The average molecular weight is 484 g/mol. The van der Waals surface area contributed by atoms with Gasteiger partial charge in [-0.3, -0.25) is 9.98 Å². The molecule has 1 aromatic heterocycles. The summed E-state index contributed by atoms with van der Waals surface area (Å²) in [5.74, 6) is 2.54. The van der Waals surface area contributed by atoms with Crippen LogP contribution in [0.15, 0.2) is 35.5 Å². The molecule has 7 heteroatoms. The van der Waals surface area contributed by atoms with Crippen LogP contribution >= 0.6 is 24.0 Å². The van der Waals surface area contributed by atoms with Crippen molar-refractivity contribution in [1.29, 1.82) is 0 Å². The van der Waals surface area contributed by atoms with Gasteiger partial charge in [0, 0.05) is 43.5 Å². The van der Waals surface area contributed by atoms with Crippen molar-refractivity contribution in [2.24, 2.45) is 4.99 Å². The van der Waals surface area contributed by atoms with Crippen LogP contribution in [-0.2, 0) is 13.1 Å². The average Bonchev–Trinajstić information content (AvgIpc) is 2.64. The Morgan fingerprint density at radius 1 is 1.19 bits per heavy atom. The van der Waals surface area contributed by atoms with Gasteiger partial charge in [0.05, 0.1) is 26.5 Å². The highest BCUT2D eigenvalue weighted by Crippen LogP contribution is 2.24. The number of nitrogens with zero attached hydrogens (tertiary/aromatic N) is 3. The molecule has 1 aromatic carbocycles. The van der Waals surface area contributed by atoms with Gasteiger partial charge in [-0.2, -0.15) is 0 Å². The summed E-state index contributed by atoms with van der Waals surface area (Å²) in [6, 6.07) is 7.99. The Kier molecular flexibility index (Phi) is 9.34. The third-order valence-electron chi connectivity index (χ3n) is 4.34. The Balaban J connectivity index is 0.00000364. The Morgan fingerprint density at radius 2 is 1.89 bits per heavy atom. The van der Waals surface area contributed by atoms with Crippen LogP contribution < -0.4 is 14.8 Å². The Labute approximate surface area is 179 Å². The van der Waals surface area contributed by atoms with Gasteiger partial charge in [0.1, 0.15) is 11.5 Å². The molecule has 0 spiro atoms. The number of aliphatic imine (C=N–C) groups is 1. The van der Waals surface area contributed by atoms with Crippen LogP contribution in [0.5, 0.6) is 11.5 Å². The van der Waals surface area contributed by atoms with Gasteiger partial charge >= 0.3 is 0 Å². The number of nitrogens with one attached hydrogen (secondary N) is 1. The lowest BCUT2D eigenvalue weighted by Gasteiger charge is -2.23. The molecular weight excluding hydrogens is 455 g/mol. The predicted octanol–water partition coefficient (Wildman–Crippen LogP) is 3.54. The van der Waals surface area contributed by atoms with Crippen LogP contribution in [0.3, 0.4) is 0 Å². The molecule has 0 bridgehead atoms. The van der Waals surface area contributed by atoms with Crippen molar-refractivity contribution in [3.05, 3.63) is 52.8 Å². The minimum absolute atomic E-state index is 0. The second-order valence-corrected chi connectivity index (χ2v) is 6.11. The van der Waals surface area contributed by atoms with Gasteiger partial charge < -0.3 is 19.7 Å². The molecule has 0 aliphatic carbocycles. The second-order valence-electron chi connectivity index (χ2n) is 6.11. The van der Waals surface area contributed by atoms with E-state index in [9.17, 15) is 0 Å². The van der Waals surface area contributed by atoms with E-state index >= 15 is 0 Å². The SMILES string of the molecule is CN=C(NCc1ncc(C)c(OC)c1C)N(C)Cc1ccccc1OC.I. The number of pyridine rings is 1. The van der Waals surface area contributed by atoms with Gasteiger partial charge in [-0.05, 0) is 19.9 Å². The lowest BCUT2D eigenvalue weighted by molar-refractivity contribution is 0.395. The number of halogens is 1. The topological polar surface area (TPSA) is 59.0 Å². The van der Waals surface area contributed by atoms with Crippen molar-refractivity contribution in [3.8, 4) is 11.5 Å². The summed E-state index contributed by atoms with van der Waals surface area (Å²) in [4.78, 5) is 11.0. The number of hydrogen-bond acceptors (Lipinski definition) is 4. The van der Waals surface area contributed by atoms with Crippen LogP contribution in [0, 0.1) is 13.8 Å². The van der Waals surface area contributed by atoms with Crippen LogP contribution in [-0.4, -0.2) is 44.2 Å². The molecule has 0 amide bonds. The highest BCUT2D eigenvalue weighted by molar-refractivity contribution is 14.0. The molecule has 0 fully saturated rings. The molecule has 27 heavy (non-hydrogen) atoms. The number of rotatable bonds is 6. The molecule has 2 aromatic rings. The van der Waals surface area contributed by atoms with Gasteiger partial charge in [-0.1, -0.05) is 18.2 Å². The molecule has 0 atom stereocenters. The van der Waals surface area contributed by atoms with Crippen molar-refractivity contribution in [1.82, 2.24) is 15.2 Å². The first-order valence-corrected chi connectivity index (χ1v) is 8.54. The Bertz CT molecular complexity index is 781. The van der Waals surface area contributed by atoms with Crippen molar-refractivity contribution >= 4 is 29.9 Å². The van der Waals surface area contributed by atoms with Crippen LogP contribution in [0.1, 0.15) is 22.4 Å². The minimum atomic E-state index is 0. The fourth-order valence-corrected chi connectivity index (χ4v) is 2.96. The molecule has 6 nitrogen and oxygen atoms in total. The summed E-state index contributed by atoms with van der Waals surface area (Å²) in [5, 5.41) is 3.37. The number of aryl methyl sites for hydroxylation is 1. The third kappa shape index (κ3) is 5.72. The van der Waals surface area contributed by atoms with E-state index in [-0.39, 0.29) is 24.0 Å². The van der Waals surface area contributed by atoms with Crippen molar-refractivity contribution in [3.63, 3.8) is 0 Å². The first kappa shape index (κ1) is 23.0. The fraction of sp³-hybridized carbons (Fsp3) is 0.400. The summed E-state index contributed by atoms with van der Waals surface area (Å²) in [7, 11) is 7.15. The summed E-state index contributed by atoms with van der Waals surface area (Å²) >= 11 is 0. The zero-order valence-electron chi connectivity index (χ0n) is 16.9. The number of hydrogen-bond donors (Lipinski definition) is 1. The highest BCUT2D eigenvalue weighted by Gasteiger charge is 2.13. The fourth-order valence-electron chi connectivity index (χ4n) is 2.96. The minimum Gasteiger partial charge on any atom is -0.496 e. The van der Waals surface area contributed by atoms with E-state index in [4.69, 9.17) is 9.47 Å². The van der Waals surface area contributed by atoms with Crippen LogP contribution in [0.4, 0.5) is 0 Å². The quantitative estimate of drug-likeness (QED) is 0.386. The van der Waals surface area contributed by atoms with E-state index in [2.05, 4.69) is 26.3 Å². The Morgan fingerprint density at radius 3 is 2.52 bits per heavy atom. The lowest BCUT2D eigenvalue weighted by Crippen LogP contribution is -2.38. The van der Waals surface area contributed by atoms with E-state index in [1.807, 2.05) is 45.3 Å². The number of para-hydroxylation sites is 1. The van der Waals surface area contributed by atoms with E-state index < -0.39 is 0 Å². The summed E-state index contributed by atoms with van der Waals surface area (Å²) in [6.07, 6.45) is 1.84. The van der Waals surface area contributed by atoms with Crippen LogP contribution in [0.25, 0.3) is 0 Å².